The lowest BCUT2D eigenvalue weighted by Crippen LogP contribution is -2.17. The van der Waals surface area contributed by atoms with E-state index < -0.39 is 5.91 Å². The number of nitrogens with zero attached hydrogens (tertiary/aromatic N) is 3. The fourth-order valence-corrected chi connectivity index (χ4v) is 1.26. The topological polar surface area (TPSA) is 73.8 Å². The summed E-state index contributed by atoms with van der Waals surface area (Å²) >= 11 is 0. The Labute approximate surface area is 86.5 Å². The Morgan fingerprint density at radius 1 is 1.40 bits per heavy atom. The van der Waals surface area contributed by atoms with Gasteiger partial charge in [0.1, 0.15) is 5.69 Å². The number of pyridine rings is 1. The summed E-state index contributed by atoms with van der Waals surface area (Å²) in [5.74, 6) is 0.0641. The number of hydrogen-bond acceptors (Lipinski definition) is 3. The van der Waals surface area contributed by atoms with Crippen molar-refractivity contribution in [2.45, 2.75) is 6.92 Å². The molecule has 2 aromatic heterocycles. The van der Waals surface area contributed by atoms with Crippen LogP contribution < -0.4 is 5.73 Å². The molecule has 0 radical (unpaired) electrons. The molecule has 5 nitrogen and oxygen atoms in total. The molecule has 0 aliphatic rings. The number of carbonyl (C=O) groups excluding carboxylic acids is 1. The van der Waals surface area contributed by atoms with Crippen molar-refractivity contribution < 1.29 is 4.79 Å². The van der Waals surface area contributed by atoms with Crippen molar-refractivity contribution in [3.05, 3.63) is 41.9 Å². The van der Waals surface area contributed by atoms with E-state index in [1.165, 1.54) is 10.9 Å². The molecule has 0 aliphatic heterocycles. The van der Waals surface area contributed by atoms with Crippen molar-refractivity contribution in [3.63, 3.8) is 0 Å². The molecule has 0 spiro atoms. The minimum absolute atomic E-state index is 0.325. The minimum Gasteiger partial charge on any atom is -0.364 e. The fraction of sp³-hybridized carbons (Fsp3) is 0.100. The number of nitrogens with two attached hydrogens (primary N) is 1. The monoisotopic (exact) mass is 202 g/mol. The van der Waals surface area contributed by atoms with Gasteiger partial charge in [0.05, 0.1) is 6.20 Å². The van der Waals surface area contributed by atoms with E-state index >= 15 is 0 Å². The van der Waals surface area contributed by atoms with Gasteiger partial charge in [-0.15, -0.1) is 0 Å². The first-order valence-electron chi connectivity index (χ1n) is 4.45. The number of carbonyl (C=O) groups is 1. The van der Waals surface area contributed by atoms with Gasteiger partial charge < -0.3 is 5.73 Å². The molecule has 2 rings (SSSR count). The van der Waals surface area contributed by atoms with E-state index in [-0.39, 0.29) is 0 Å². The second-order valence-corrected chi connectivity index (χ2v) is 3.19. The van der Waals surface area contributed by atoms with Gasteiger partial charge in [-0.3, -0.25) is 4.79 Å². The Kier molecular flexibility index (Phi) is 2.21. The molecular formula is C10H10N4O. The number of rotatable bonds is 2. The average Bonchev–Trinajstić information content (AvgIpc) is 2.67. The van der Waals surface area contributed by atoms with Crippen molar-refractivity contribution in [2.75, 3.05) is 0 Å². The van der Waals surface area contributed by atoms with Gasteiger partial charge in [-0.05, 0) is 24.6 Å². The standard InChI is InChI=1S/C10H10N4O/c1-7-2-3-9(12-6-7)14-8(10(11)15)4-5-13-14/h2-6H,1H3,(H2,11,15). The highest BCUT2D eigenvalue weighted by Gasteiger charge is 2.09. The zero-order valence-corrected chi connectivity index (χ0v) is 8.21. The Morgan fingerprint density at radius 3 is 2.80 bits per heavy atom. The van der Waals surface area contributed by atoms with Crippen LogP contribution in [-0.2, 0) is 0 Å². The first-order chi connectivity index (χ1) is 7.18. The van der Waals surface area contributed by atoms with Crippen LogP contribution in [-0.4, -0.2) is 20.7 Å². The van der Waals surface area contributed by atoms with Crippen molar-refractivity contribution in [3.8, 4) is 5.82 Å². The largest absolute Gasteiger partial charge is 0.364 e. The lowest BCUT2D eigenvalue weighted by Gasteiger charge is -2.03. The van der Waals surface area contributed by atoms with Gasteiger partial charge in [0.2, 0.25) is 0 Å². The van der Waals surface area contributed by atoms with Crippen molar-refractivity contribution in [1.29, 1.82) is 0 Å². The van der Waals surface area contributed by atoms with Crippen LogP contribution in [0, 0.1) is 6.92 Å². The van der Waals surface area contributed by atoms with Gasteiger partial charge in [0, 0.05) is 6.20 Å². The molecule has 0 fully saturated rings. The molecule has 0 bridgehead atoms. The van der Waals surface area contributed by atoms with E-state index in [4.69, 9.17) is 5.73 Å². The lowest BCUT2D eigenvalue weighted by molar-refractivity contribution is 0.0993. The minimum atomic E-state index is -0.519. The molecule has 2 heterocycles. The lowest BCUT2D eigenvalue weighted by atomic mass is 10.3. The molecular weight excluding hydrogens is 192 g/mol. The van der Waals surface area contributed by atoms with Crippen molar-refractivity contribution in [2.24, 2.45) is 5.73 Å². The van der Waals surface area contributed by atoms with E-state index in [1.54, 1.807) is 18.3 Å². The number of amides is 1. The molecule has 0 saturated carbocycles. The third-order valence-electron chi connectivity index (χ3n) is 2.01. The zero-order valence-electron chi connectivity index (χ0n) is 8.21. The smallest absolute Gasteiger partial charge is 0.267 e. The normalized spacial score (nSPS) is 10.2. The summed E-state index contributed by atoms with van der Waals surface area (Å²) in [6.45, 7) is 1.94. The van der Waals surface area contributed by atoms with E-state index in [9.17, 15) is 4.79 Å². The van der Waals surface area contributed by atoms with Crippen molar-refractivity contribution >= 4 is 5.91 Å². The molecule has 1 amide bonds. The van der Waals surface area contributed by atoms with Crippen LogP contribution in [0.3, 0.4) is 0 Å². The Balaban J connectivity index is 2.49. The molecule has 2 aromatic rings. The van der Waals surface area contributed by atoms with Crippen LogP contribution in [0.2, 0.25) is 0 Å². The molecule has 0 saturated heterocycles. The molecule has 0 unspecified atom stereocenters. The summed E-state index contributed by atoms with van der Waals surface area (Å²) < 4.78 is 1.42. The van der Waals surface area contributed by atoms with E-state index in [1.807, 2.05) is 13.0 Å². The molecule has 5 heteroatoms. The van der Waals surface area contributed by atoms with E-state index in [2.05, 4.69) is 10.1 Å². The van der Waals surface area contributed by atoms with Gasteiger partial charge in [-0.1, -0.05) is 6.07 Å². The van der Waals surface area contributed by atoms with Crippen molar-refractivity contribution in [1.82, 2.24) is 14.8 Å². The van der Waals surface area contributed by atoms with Gasteiger partial charge in [-0.25, -0.2) is 9.67 Å². The van der Waals surface area contributed by atoms with Gasteiger partial charge in [0.25, 0.3) is 5.91 Å². The quantitative estimate of drug-likeness (QED) is 0.778. The first kappa shape index (κ1) is 9.39. The molecule has 0 aliphatic carbocycles. The number of aromatic nitrogens is 3. The highest BCUT2D eigenvalue weighted by Crippen LogP contribution is 2.07. The van der Waals surface area contributed by atoms with Gasteiger partial charge >= 0.3 is 0 Å². The van der Waals surface area contributed by atoms with Crippen LogP contribution in [0.4, 0.5) is 0 Å². The Hall–Kier alpha value is -2.17. The van der Waals surface area contributed by atoms with Gasteiger partial charge in [0.15, 0.2) is 5.82 Å². The van der Waals surface area contributed by atoms with Crippen LogP contribution in [0.15, 0.2) is 30.6 Å². The summed E-state index contributed by atoms with van der Waals surface area (Å²) in [5, 5.41) is 3.99. The molecule has 76 valence electrons. The van der Waals surface area contributed by atoms with Gasteiger partial charge in [-0.2, -0.15) is 5.10 Å². The maximum absolute atomic E-state index is 11.1. The average molecular weight is 202 g/mol. The second kappa shape index (κ2) is 3.53. The molecule has 0 atom stereocenters. The van der Waals surface area contributed by atoms with Crippen LogP contribution >= 0.6 is 0 Å². The third-order valence-corrected chi connectivity index (χ3v) is 2.01. The Bertz CT molecular complexity index is 486. The highest BCUT2D eigenvalue weighted by molar-refractivity contribution is 5.91. The first-order valence-corrected chi connectivity index (χ1v) is 4.45. The highest BCUT2D eigenvalue weighted by atomic mass is 16.1. The summed E-state index contributed by atoms with van der Waals surface area (Å²) in [4.78, 5) is 15.2. The maximum atomic E-state index is 11.1. The van der Waals surface area contributed by atoms with Crippen LogP contribution in [0.5, 0.6) is 0 Å². The predicted molar refractivity (Wildman–Crippen MR) is 54.6 cm³/mol. The number of aryl methyl sites for hydroxylation is 1. The summed E-state index contributed by atoms with van der Waals surface area (Å²) in [6.07, 6.45) is 3.23. The molecule has 0 aromatic carbocycles. The number of primary amides is 1. The number of hydrogen-bond donors (Lipinski definition) is 1. The zero-order chi connectivity index (χ0) is 10.8. The second-order valence-electron chi connectivity index (χ2n) is 3.19. The van der Waals surface area contributed by atoms with E-state index in [0.717, 1.165) is 5.56 Å². The SMILES string of the molecule is Cc1ccc(-n2nccc2C(N)=O)nc1. The third kappa shape index (κ3) is 1.71. The van der Waals surface area contributed by atoms with Crippen LogP contribution in [0.25, 0.3) is 5.82 Å². The summed E-state index contributed by atoms with van der Waals surface area (Å²) in [6, 6.07) is 5.24. The fourth-order valence-electron chi connectivity index (χ4n) is 1.26. The Morgan fingerprint density at radius 2 is 2.20 bits per heavy atom. The summed E-state index contributed by atoms with van der Waals surface area (Å²) in [7, 11) is 0. The van der Waals surface area contributed by atoms with Crippen LogP contribution in [0.1, 0.15) is 16.1 Å². The molecule has 2 N–H and O–H groups in total. The molecule has 15 heavy (non-hydrogen) atoms. The predicted octanol–water partition coefficient (Wildman–Crippen LogP) is 0.675. The maximum Gasteiger partial charge on any atom is 0.267 e. The summed E-state index contributed by atoms with van der Waals surface area (Å²) in [5.41, 5.74) is 6.57. The van der Waals surface area contributed by atoms with E-state index in [0.29, 0.717) is 11.5 Å².